The van der Waals surface area contributed by atoms with Crippen molar-refractivity contribution >= 4 is 75.7 Å². The zero-order chi connectivity index (χ0) is 18.4. The predicted octanol–water partition coefficient (Wildman–Crippen LogP) is 5.43. The van der Waals surface area contributed by atoms with Gasteiger partial charge in [0, 0.05) is 11.3 Å². The van der Waals surface area contributed by atoms with Crippen LogP contribution in [0.4, 0.5) is 16.0 Å². The lowest BCUT2D eigenvalue weighted by Crippen LogP contribution is -2.17. The molecule has 0 unspecified atom stereocenters. The highest BCUT2D eigenvalue weighted by Gasteiger charge is 2.25. The molecule has 2 radical (unpaired) electrons. The number of H-pyrrole nitrogens is 1. The largest absolute Gasteiger partial charge is 0.326 e. The normalized spacial score (nSPS) is 13.1. The summed E-state index contributed by atoms with van der Waals surface area (Å²) in [4.78, 5) is 7.55. The SMILES string of the molecule is [B]c1ccc(Nc2ncc(C(/C=C\C=C/C)=C/C)[nH]2)cc1C(F)(I)I. The maximum absolute atomic E-state index is 14.2. The van der Waals surface area contributed by atoms with Crippen molar-refractivity contribution in [2.75, 3.05) is 5.32 Å². The lowest BCUT2D eigenvalue weighted by atomic mass is 9.91. The summed E-state index contributed by atoms with van der Waals surface area (Å²) in [5.74, 6) is 0.580. The molecule has 25 heavy (non-hydrogen) atoms. The van der Waals surface area contributed by atoms with Crippen LogP contribution in [0.15, 0.2) is 54.8 Å². The minimum Gasteiger partial charge on any atom is -0.326 e. The number of halogens is 3. The Bertz CT molecular complexity index is 820. The molecular weight excluding hydrogens is 542 g/mol. The van der Waals surface area contributed by atoms with Crippen LogP contribution in [-0.4, -0.2) is 17.8 Å². The Kier molecular flexibility index (Phi) is 7.30. The standard InChI is InChI=1S/C18H17BFI2N3/c1-3-5-6-7-12(4-2)16-11-23-17(25-16)24-13-8-9-15(19)14(10-13)18(20,21)22/h3-11H,1-2H3,(H2,23,24,25)/b5-3-,7-6-,12-4+. The summed E-state index contributed by atoms with van der Waals surface area (Å²) in [5.41, 5.74) is 3.48. The highest BCUT2D eigenvalue weighted by Crippen LogP contribution is 2.40. The number of nitrogens with zero attached hydrogens (tertiary/aromatic N) is 1. The van der Waals surface area contributed by atoms with Crippen LogP contribution < -0.4 is 10.8 Å². The quantitative estimate of drug-likeness (QED) is 0.215. The van der Waals surface area contributed by atoms with E-state index in [4.69, 9.17) is 7.85 Å². The molecule has 0 atom stereocenters. The number of allylic oxidation sites excluding steroid dienone is 6. The van der Waals surface area contributed by atoms with Crippen LogP contribution in [0.3, 0.4) is 0 Å². The number of hydrogen-bond acceptors (Lipinski definition) is 2. The Balaban J connectivity index is 2.22. The number of anilines is 2. The first-order valence-corrected chi connectivity index (χ1v) is 9.75. The lowest BCUT2D eigenvalue weighted by Gasteiger charge is -2.16. The number of benzene rings is 1. The number of imidazole rings is 1. The van der Waals surface area contributed by atoms with Crippen LogP contribution in [0.5, 0.6) is 0 Å². The zero-order valence-corrected chi connectivity index (χ0v) is 18.2. The van der Waals surface area contributed by atoms with E-state index in [1.165, 1.54) is 0 Å². The van der Waals surface area contributed by atoms with Gasteiger partial charge in [0.25, 0.3) is 0 Å². The fourth-order valence-corrected chi connectivity index (χ4v) is 3.09. The van der Waals surface area contributed by atoms with Gasteiger partial charge >= 0.3 is 0 Å². The maximum Gasteiger partial charge on any atom is 0.234 e. The topological polar surface area (TPSA) is 40.7 Å². The third kappa shape index (κ3) is 5.70. The lowest BCUT2D eigenvalue weighted by molar-refractivity contribution is 0.471. The molecule has 0 saturated heterocycles. The second-order valence-corrected chi connectivity index (χ2v) is 10.2. The van der Waals surface area contributed by atoms with Gasteiger partial charge in [-0.05, 0) is 76.7 Å². The van der Waals surface area contributed by atoms with Gasteiger partial charge in [0.05, 0.1) is 11.9 Å². The predicted molar refractivity (Wildman–Crippen MR) is 122 cm³/mol. The second kappa shape index (κ2) is 9.02. The van der Waals surface area contributed by atoms with E-state index in [0.29, 0.717) is 22.7 Å². The van der Waals surface area contributed by atoms with Gasteiger partial charge in [0.2, 0.25) is 7.63 Å². The number of aromatic amines is 1. The van der Waals surface area contributed by atoms with Gasteiger partial charge in [-0.3, -0.25) is 0 Å². The Morgan fingerprint density at radius 1 is 1.32 bits per heavy atom. The second-order valence-electron chi connectivity index (χ2n) is 5.20. The van der Waals surface area contributed by atoms with Crippen LogP contribution in [0, 0.1) is 0 Å². The van der Waals surface area contributed by atoms with Crippen molar-refractivity contribution in [2.45, 2.75) is 15.5 Å². The van der Waals surface area contributed by atoms with Crippen LogP contribution in [0.25, 0.3) is 5.57 Å². The van der Waals surface area contributed by atoms with Gasteiger partial charge in [0.15, 0.2) is 0 Å². The van der Waals surface area contributed by atoms with Crippen molar-refractivity contribution in [3.63, 3.8) is 0 Å². The van der Waals surface area contributed by atoms with Gasteiger partial charge in [-0.25, -0.2) is 9.37 Å². The molecule has 0 saturated carbocycles. The Morgan fingerprint density at radius 2 is 2.08 bits per heavy atom. The van der Waals surface area contributed by atoms with E-state index in [9.17, 15) is 4.39 Å². The van der Waals surface area contributed by atoms with Crippen molar-refractivity contribution in [3.8, 4) is 0 Å². The van der Waals surface area contributed by atoms with Crippen LogP contribution in [0.2, 0.25) is 0 Å². The van der Waals surface area contributed by atoms with Gasteiger partial charge < -0.3 is 10.3 Å². The molecule has 0 aliphatic heterocycles. The van der Waals surface area contributed by atoms with E-state index in [1.54, 1.807) is 69.6 Å². The summed E-state index contributed by atoms with van der Waals surface area (Å²) < 4.78 is 12.7. The Labute approximate surface area is 176 Å². The monoisotopic (exact) mass is 559 g/mol. The molecule has 3 nitrogen and oxygen atoms in total. The molecule has 2 aromatic rings. The van der Waals surface area contributed by atoms with Crippen LogP contribution in [0.1, 0.15) is 25.1 Å². The summed E-state index contributed by atoms with van der Waals surface area (Å²) in [5, 5.41) is 3.15. The number of aromatic nitrogens is 2. The molecule has 128 valence electrons. The molecular formula is C18H17BFI2N3. The van der Waals surface area contributed by atoms with Crippen molar-refractivity contribution in [3.05, 3.63) is 66.0 Å². The van der Waals surface area contributed by atoms with E-state index < -0.39 is 1.68 Å². The summed E-state index contributed by atoms with van der Waals surface area (Å²) in [6.45, 7) is 3.94. The highest BCUT2D eigenvalue weighted by atomic mass is 127. The van der Waals surface area contributed by atoms with Gasteiger partial charge in [0.1, 0.15) is 7.85 Å². The number of alkyl halides is 3. The molecule has 1 aromatic heterocycles. The summed E-state index contributed by atoms with van der Waals surface area (Å²) in [6, 6.07) is 5.17. The molecule has 2 N–H and O–H groups in total. The minimum absolute atomic E-state index is 0.419. The van der Waals surface area contributed by atoms with Crippen molar-refractivity contribution in [1.82, 2.24) is 9.97 Å². The number of nitrogens with one attached hydrogen (secondary N) is 2. The van der Waals surface area contributed by atoms with E-state index >= 15 is 0 Å². The van der Waals surface area contributed by atoms with Crippen LogP contribution >= 0.6 is 45.2 Å². The molecule has 0 spiro atoms. The number of hydrogen-bond donors (Lipinski definition) is 2. The molecule has 7 heteroatoms. The minimum atomic E-state index is -1.57. The van der Waals surface area contributed by atoms with Crippen LogP contribution in [-0.2, 0) is 1.68 Å². The fraction of sp³-hybridized carbons (Fsp3) is 0.167. The van der Waals surface area contributed by atoms with E-state index in [0.717, 1.165) is 11.3 Å². The van der Waals surface area contributed by atoms with E-state index in [-0.39, 0.29) is 0 Å². The van der Waals surface area contributed by atoms with Gasteiger partial charge in [-0.15, -0.1) is 0 Å². The molecule has 1 heterocycles. The first kappa shape index (κ1) is 20.2. The zero-order valence-electron chi connectivity index (χ0n) is 13.9. The first-order valence-electron chi connectivity index (χ1n) is 7.60. The summed E-state index contributed by atoms with van der Waals surface area (Å²) in [6.07, 6.45) is 11.7. The average Bonchev–Trinajstić information content (AvgIpc) is 3.00. The molecule has 0 aliphatic carbocycles. The average molecular weight is 559 g/mol. The molecule has 0 amide bonds. The number of rotatable bonds is 6. The molecule has 0 aliphatic rings. The first-order chi connectivity index (χ1) is 11.8. The highest BCUT2D eigenvalue weighted by molar-refractivity contribution is 14.2. The summed E-state index contributed by atoms with van der Waals surface area (Å²) in [7, 11) is 5.87. The Hall–Kier alpha value is -1.10. The Morgan fingerprint density at radius 3 is 2.72 bits per heavy atom. The summed E-state index contributed by atoms with van der Waals surface area (Å²) >= 11 is 3.44. The molecule has 0 fully saturated rings. The van der Waals surface area contributed by atoms with E-state index in [1.807, 2.05) is 44.2 Å². The van der Waals surface area contributed by atoms with Gasteiger partial charge in [-0.2, -0.15) is 0 Å². The smallest absolute Gasteiger partial charge is 0.234 e. The molecule has 1 aromatic carbocycles. The third-order valence-electron chi connectivity index (χ3n) is 3.40. The van der Waals surface area contributed by atoms with Crippen molar-refractivity contribution in [2.24, 2.45) is 0 Å². The van der Waals surface area contributed by atoms with E-state index in [2.05, 4.69) is 15.3 Å². The van der Waals surface area contributed by atoms with Gasteiger partial charge in [-0.1, -0.05) is 41.9 Å². The molecule has 0 bridgehead atoms. The van der Waals surface area contributed by atoms with Crippen molar-refractivity contribution < 1.29 is 4.39 Å². The fourth-order valence-electron chi connectivity index (χ4n) is 2.16. The van der Waals surface area contributed by atoms with Crippen molar-refractivity contribution in [1.29, 1.82) is 0 Å². The maximum atomic E-state index is 14.2. The molecule has 2 rings (SSSR count). The third-order valence-corrected chi connectivity index (χ3v) is 4.56.